The molecule has 1 unspecified atom stereocenters. The monoisotopic (exact) mass is 401 g/mol. The first-order chi connectivity index (χ1) is 13.6. The van der Waals surface area contributed by atoms with Gasteiger partial charge in [0.1, 0.15) is 5.82 Å². The molecule has 3 heterocycles. The van der Waals surface area contributed by atoms with E-state index in [9.17, 15) is 19.1 Å². The van der Waals surface area contributed by atoms with E-state index in [2.05, 4.69) is 4.90 Å². The van der Waals surface area contributed by atoms with Gasteiger partial charge in [0.05, 0.1) is 5.52 Å². The molecule has 6 nitrogen and oxygen atoms in total. The molecule has 0 spiro atoms. The van der Waals surface area contributed by atoms with Crippen molar-refractivity contribution < 1.29 is 14.3 Å². The first-order valence-electron chi connectivity index (χ1n) is 10.2. The summed E-state index contributed by atoms with van der Waals surface area (Å²) >= 11 is 0. The number of carboxylic acid groups (broad SMARTS) is 1. The lowest BCUT2D eigenvalue weighted by Gasteiger charge is -2.35. The average molecular weight is 401 g/mol. The normalized spacial score (nSPS) is 21.8. The molecule has 2 aliphatic heterocycles. The average Bonchev–Trinajstić information content (AvgIpc) is 3.23. The third-order valence-electron chi connectivity index (χ3n) is 6.28. The Bertz CT molecular complexity index is 1010. The Hall–Kier alpha value is -2.41. The first-order valence-corrected chi connectivity index (χ1v) is 10.2. The summed E-state index contributed by atoms with van der Waals surface area (Å²) in [6.45, 7) is 9.05. The Balaban J connectivity index is 1.49. The quantitative estimate of drug-likeness (QED) is 0.853. The number of rotatable bonds is 4. The van der Waals surface area contributed by atoms with Crippen molar-refractivity contribution in [3.8, 4) is 0 Å². The van der Waals surface area contributed by atoms with Gasteiger partial charge in [0.25, 0.3) is 5.56 Å². The van der Waals surface area contributed by atoms with Crippen molar-refractivity contribution in [2.45, 2.75) is 45.2 Å². The molecule has 1 saturated heterocycles. The predicted octanol–water partition coefficient (Wildman–Crippen LogP) is 3.34. The molecular weight excluding hydrogens is 373 g/mol. The third kappa shape index (κ3) is 3.64. The van der Waals surface area contributed by atoms with Gasteiger partial charge in [-0.1, -0.05) is 0 Å². The molecule has 7 heteroatoms. The van der Waals surface area contributed by atoms with Gasteiger partial charge in [-0.25, -0.2) is 9.18 Å². The van der Waals surface area contributed by atoms with Gasteiger partial charge in [-0.2, -0.15) is 0 Å². The molecule has 0 saturated carbocycles. The van der Waals surface area contributed by atoms with Crippen molar-refractivity contribution in [1.82, 2.24) is 14.4 Å². The number of amides is 1. The molecule has 1 aromatic carbocycles. The van der Waals surface area contributed by atoms with E-state index < -0.39 is 11.6 Å². The predicted molar refractivity (Wildman–Crippen MR) is 110 cm³/mol. The highest BCUT2D eigenvalue weighted by Crippen LogP contribution is 2.36. The Labute approximate surface area is 169 Å². The number of hydrogen-bond donors (Lipinski definition) is 1. The number of aromatic nitrogens is 1. The number of carbonyl (C=O) groups is 1. The van der Waals surface area contributed by atoms with Crippen molar-refractivity contribution in [3.05, 3.63) is 46.0 Å². The maximum Gasteiger partial charge on any atom is 0.407 e. The number of benzene rings is 1. The minimum atomic E-state index is -0.893. The second-order valence-electron chi connectivity index (χ2n) is 9.36. The van der Waals surface area contributed by atoms with E-state index in [0.29, 0.717) is 25.2 Å². The first kappa shape index (κ1) is 19.9. The van der Waals surface area contributed by atoms with Gasteiger partial charge in [0, 0.05) is 49.3 Å². The smallest absolute Gasteiger partial charge is 0.407 e. The second-order valence-corrected chi connectivity index (χ2v) is 9.36. The zero-order valence-corrected chi connectivity index (χ0v) is 17.2. The molecule has 2 aliphatic rings. The summed E-state index contributed by atoms with van der Waals surface area (Å²) in [6.07, 6.45) is 0.0296. The Morgan fingerprint density at radius 3 is 2.66 bits per heavy atom. The highest BCUT2D eigenvalue weighted by atomic mass is 19.1. The Morgan fingerprint density at radius 2 is 1.97 bits per heavy atom. The van der Waals surface area contributed by atoms with Gasteiger partial charge in [0.15, 0.2) is 0 Å². The number of hydrogen-bond acceptors (Lipinski definition) is 3. The van der Waals surface area contributed by atoms with E-state index in [4.69, 9.17) is 0 Å². The summed E-state index contributed by atoms with van der Waals surface area (Å²) in [5, 5.41) is 10.4. The van der Waals surface area contributed by atoms with Crippen molar-refractivity contribution in [2.75, 3.05) is 26.2 Å². The molecule has 156 valence electrons. The molecule has 0 aliphatic carbocycles. The summed E-state index contributed by atoms with van der Waals surface area (Å²) < 4.78 is 16.4. The molecular formula is C22H28FN3O3. The molecule has 0 bridgehead atoms. The van der Waals surface area contributed by atoms with Crippen LogP contribution in [0.5, 0.6) is 0 Å². The van der Waals surface area contributed by atoms with Gasteiger partial charge in [0.2, 0.25) is 0 Å². The van der Waals surface area contributed by atoms with Crippen molar-refractivity contribution >= 4 is 17.0 Å². The number of nitrogens with zero attached hydrogens (tertiary/aromatic N) is 3. The number of halogens is 1. The van der Waals surface area contributed by atoms with E-state index in [-0.39, 0.29) is 23.2 Å². The molecule has 2 atom stereocenters. The topological polar surface area (TPSA) is 65.8 Å². The highest BCUT2D eigenvalue weighted by molar-refractivity contribution is 5.84. The van der Waals surface area contributed by atoms with E-state index in [0.717, 1.165) is 30.4 Å². The van der Waals surface area contributed by atoms with Gasteiger partial charge >= 0.3 is 6.09 Å². The molecule has 4 rings (SSSR count). The molecule has 1 N–H and O–H groups in total. The fraction of sp³-hybridized carbons (Fsp3) is 0.545. The standard InChI is InChI=1S/C22H28FN3O3/c1-22(2,3)26(21(28)29)11-14-8-9-24(10-14)12-16-13-25-18(27)7-5-15-4-6-17(23)19(16)20(15)25/h4-7,14,16H,8-13H2,1-3H3,(H,28,29)/t14-,16?/m1/s1. The highest BCUT2D eigenvalue weighted by Gasteiger charge is 2.35. The zero-order valence-electron chi connectivity index (χ0n) is 17.2. The van der Waals surface area contributed by atoms with Crippen LogP contribution in [-0.4, -0.2) is 57.3 Å². The van der Waals surface area contributed by atoms with Gasteiger partial charge < -0.3 is 19.5 Å². The van der Waals surface area contributed by atoms with E-state index in [1.54, 1.807) is 22.8 Å². The van der Waals surface area contributed by atoms with Crippen LogP contribution in [-0.2, 0) is 6.54 Å². The minimum Gasteiger partial charge on any atom is -0.465 e. The lowest BCUT2D eigenvalue weighted by molar-refractivity contribution is 0.0891. The molecule has 29 heavy (non-hydrogen) atoms. The minimum absolute atomic E-state index is 0.0641. The van der Waals surface area contributed by atoms with Crippen LogP contribution in [0.3, 0.4) is 0 Å². The van der Waals surface area contributed by atoms with Crippen LogP contribution < -0.4 is 5.56 Å². The van der Waals surface area contributed by atoms with Gasteiger partial charge in [-0.05, 0) is 63.2 Å². The fourth-order valence-corrected chi connectivity index (χ4v) is 4.86. The van der Waals surface area contributed by atoms with Crippen molar-refractivity contribution in [3.63, 3.8) is 0 Å². The lowest BCUT2D eigenvalue weighted by Crippen LogP contribution is -2.47. The Kier molecular flexibility index (Phi) is 4.89. The van der Waals surface area contributed by atoms with E-state index in [1.807, 2.05) is 20.8 Å². The summed E-state index contributed by atoms with van der Waals surface area (Å²) in [5.74, 6) is -0.0527. The second kappa shape index (κ2) is 7.13. The maximum atomic E-state index is 14.7. The number of pyridine rings is 1. The SMILES string of the molecule is CC(C)(C)N(C[C@@H]1CCN(CC2Cn3c(=O)ccc4ccc(F)c2c43)C1)C(=O)O. The largest absolute Gasteiger partial charge is 0.465 e. The van der Waals surface area contributed by atoms with Crippen LogP contribution in [0.1, 0.15) is 38.7 Å². The van der Waals surface area contributed by atoms with Crippen molar-refractivity contribution in [1.29, 1.82) is 0 Å². The van der Waals surface area contributed by atoms with Crippen LogP contribution in [0.15, 0.2) is 29.1 Å². The maximum absolute atomic E-state index is 14.7. The summed E-state index contributed by atoms with van der Waals surface area (Å²) in [4.78, 5) is 27.7. The van der Waals surface area contributed by atoms with E-state index >= 15 is 0 Å². The molecule has 1 aromatic heterocycles. The fourth-order valence-electron chi connectivity index (χ4n) is 4.86. The van der Waals surface area contributed by atoms with Crippen LogP contribution in [0.4, 0.5) is 9.18 Å². The summed E-state index contributed by atoms with van der Waals surface area (Å²) in [7, 11) is 0. The van der Waals surface area contributed by atoms with E-state index in [1.165, 1.54) is 11.0 Å². The van der Waals surface area contributed by atoms with Crippen LogP contribution >= 0.6 is 0 Å². The molecule has 2 aromatic rings. The molecule has 0 radical (unpaired) electrons. The Morgan fingerprint density at radius 1 is 1.24 bits per heavy atom. The van der Waals surface area contributed by atoms with Crippen LogP contribution in [0.2, 0.25) is 0 Å². The van der Waals surface area contributed by atoms with Crippen LogP contribution in [0, 0.1) is 11.7 Å². The third-order valence-corrected chi connectivity index (χ3v) is 6.28. The molecule has 1 fully saturated rings. The lowest BCUT2D eigenvalue weighted by atomic mass is 9.98. The van der Waals surface area contributed by atoms with Gasteiger partial charge in [-0.15, -0.1) is 0 Å². The summed E-state index contributed by atoms with van der Waals surface area (Å²) in [5.41, 5.74) is 0.841. The van der Waals surface area contributed by atoms with Crippen LogP contribution in [0.25, 0.3) is 10.9 Å². The van der Waals surface area contributed by atoms with Gasteiger partial charge in [-0.3, -0.25) is 4.79 Å². The zero-order chi connectivity index (χ0) is 20.9. The summed E-state index contributed by atoms with van der Waals surface area (Å²) in [6, 6.07) is 6.53. The number of likely N-dealkylation sites (tertiary alicyclic amines) is 1. The molecule has 1 amide bonds. The van der Waals surface area contributed by atoms with Crippen molar-refractivity contribution in [2.24, 2.45) is 5.92 Å².